The molecular weight excluding hydrogens is 363 g/mol. The van der Waals surface area contributed by atoms with Gasteiger partial charge in [-0.05, 0) is 31.4 Å². The highest BCUT2D eigenvalue weighted by Gasteiger charge is 2.23. The van der Waals surface area contributed by atoms with Gasteiger partial charge < -0.3 is 15.0 Å². The standard InChI is InChI=1S/C20H25FN4O3/c1-2-28-17-7-9-24(10-8-17)20(27)14-25-13-16(12-22-25)23-19(26)11-15-5-3-4-6-18(15)21/h3-6,12-13,17H,2,7-11,14H2,1H3,(H,23,26). The fraction of sp³-hybridized carbons (Fsp3) is 0.450. The number of nitrogens with zero attached hydrogens (tertiary/aromatic N) is 3. The second-order valence-electron chi connectivity index (χ2n) is 6.78. The van der Waals surface area contributed by atoms with E-state index in [1.165, 1.54) is 16.9 Å². The summed E-state index contributed by atoms with van der Waals surface area (Å²) >= 11 is 0. The number of benzene rings is 1. The lowest BCUT2D eigenvalue weighted by molar-refractivity contribution is -0.134. The molecule has 1 aliphatic rings. The Bertz CT molecular complexity index is 815. The minimum absolute atomic E-state index is 0.0118. The number of rotatable bonds is 7. The Morgan fingerprint density at radius 2 is 2.04 bits per heavy atom. The monoisotopic (exact) mass is 388 g/mol. The third kappa shape index (κ3) is 5.39. The lowest BCUT2D eigenvalue weighted by atomic mass is 10.1. The van der Waals surface area contributed by atoms with Gasteiger partial charge in [0.1, 0.15) is 12.4 Å². The van der Waals surface area contributed by atoms with Gasteiger partial charge in [0, 0.05) is 25.9 Å². The third-order valence-corrected chi connectivity index (χ3v) is 4.72. The van der Waals surface area contributed by atoms with Crippen molar-refractivity contribution >= 4 is 17.5 Å². The Morgan fingerprint density at radius 3 is 2.75 bits per heavy atom. The zero-order chi connectivity index (χ0) is 19.9. The van der Waals surface area contributed by atoms with Crippen LogP contribution in [0.5, 0.6) is 0 Å². The molecule has 2 heterocycles. The van der Waals surface area contributed by atoms with Gasteiger partial charge in [-0.3, -0.25) is 14.3 Å². The van der Waals surface area contributed by atoms with Gasteiger partial charge in [-0.2, -0.15) is 5.10 Å². The first kappa shape index (κ1) is 20.0. The maximum atomic E-state index is 13.6. The van der Waals surface area contributed by atoms with Gasteiger partial charge in [0.15, 0.2) is 0 Å². The van der Waals surface area contributed by atoms with E-state index in [-0.39, 0.29) is 30.9 Å². The molecule has 0 radical (unpaired) electrons. The number of carbonyl (C=O) groups is 2. The number of hydrogen-bond donors (Lipinski definition) is 1. The smallest absolute Gasteiger partial charge is 0.244 e. The summed E-state index contributed by atoms with van der Waals surface area (Å²) in [6.07, 6.45) is 4.94. The zero-order valence-corrected chi connectivity index (χ0v) is 15.9. The van der Waals surface area contributed by atoms with Crippen molar-refractivity contribution in [3.8, 4) is 0 Å². The molecule has 2 amide bonds. The molecule has 150 valence electrons. The molecule has 0 spiro atoms. The first-order valence-corrected chi connectivity index (χ1v) is 9.50. The second-order valence-corrected chi connectivity index (χ2v) is 6.78. The van der Waals surface area contributed by atoms with E-state index in [1.807, 2.05) is 11.8 Å². The van der Waals surface area contributed by atoms with Crippen LogP contribution in [0.15, 0.2) is 36.7 Å². The molecule has 0 unspecified atom stereocenters. The van der Waals surface area contributed by atoms with Crippen molar-refractivity contribution in [1.82, 2.24) is 14.7 Å². The van der Waals surface area contributed by atoms with Crippen LogP contribution in [0.25, 0.3) is 0 Å². The van der Waals surface area contributed by atoms with Crippen LogP contribution in [0.2, 0.25) is 0 Å². The zero-order valence-electron chi connectivity index (χ0n) is 15.9. The summed E-state index contributed by atoms with van der Waals surface area (Å²) in [5.74, 6) is -0.761. The summed E-state index contributed by atoms with van der Waals surface area (Å²) < 4.78 is 20.7. The lowest BCUT2D eigenvalue weighted by Gasteiger charge is -2.31. The Hall–Kier alpha value is -2.74. The molecule has 1 N–H and O–H groups in total. The van der Waals surface area contributed by atoms with E-state index in [1.54, 1.807) is 24.4 Å². The number of anilines is 1. The minimum Gasteiger partial charge on any atom is -0.378 e. The molecule has 1 saturated heterocycles. The molecule has 8 heteroatoms. The molecule has 0 saturated carbocycles. The van der Waals surface area contributed by atoms with E-state index in [0.29, 0.717) is 30.9 Å². The van der Waals surface area contributed by atoms with E-state index in [2.05, 4.69) is 10.4 Å². The first-order valence-electron chi connectivity index (χ1n) is 9.50. The normalized spacial score (nSPS) is 14.9. The Kier molecular flexibility index (Phi) is 6.76. The van der Waals surface area contributed by atoms with Gasteiger partial charge in [-0.15, -0.1) is 0 Å². The quantitative estimate of drug-likeness (QED) is 0.789. The van der Waals surface area contributed by atoms with Crippen LogP contribution in [0.4, 0.5) is 10.1 Å². The molecule has 1 fully saturated rings. The van der Waals surface area contributed by atoms with E-state index in [4.69, 9.17) is 4.74 Å². The van der Waals surface area contributed by atoms with E-state index in [0.717, 1.165) is 12.8 Å². The van der Waals surface area contributed by atoms with Crippen molar-refractivity contribution in [3.63, 3.8) is 0 Å². The van der Waals surface area contributed by atoms with Crippen molar-refractivity contribution < 1.29 is 18.7 Å². The molecule has 0 bridgehead atoms. The summed E-state index contributed by atoms with van der Waals surface area (Å²) in [6.45, 7) is 4.13. The number of amides is 2. The Labute approximate surface area is 163 Å². The fourth-order valence-corrected chi connectivity index (χ4v) is 3.28. The molecule has 2 aromatic rings. The minimum atomic E-state index is -0.410. The van der Waals surface area contributed by atoms with Crippen molar-refractivity contribution in [2.24, 2.45) is 0 Å². The largest absolute Gasteiger partial charge is 0.378 e. The number of carbonyl (C=O) groups excluding carboxylic acids is 2. The molecule has 1 aliphatic heterocycles. The number of aromatic nitrogens is 2. The molecule has 3 rings (SSSR count). The number of halogens is 1. The number of likely N-dealkylation sites (tertiary alicyclic amines) is 1. The maximum absolute atomic E-state index is 13.6. The van der Waals surface area contributed by atoms with E-state index >= 15 is 0 Å². The predicted molar refractivity (Wildman–Crippen MR) is 102 cm³/mol. The van der Waals surface area contributed by atoms with Crippen LogP contribution in [-0.4, -0.2) is 52.3 Å². The topological polar surface area (TPSA) is 76.5 Å². The number of ether oxygens (including phenoxy) is 1. The highest BCUT2D eigenvalue weighted by atomic mass is 19.1. The molecule has 28 heavy (non-hydrogen) atoms. The van der Waals surface area contributed by atoms with Gasteiger partial charge in [0.2, 0.25) is 11.8 Å². The van der Waals surface area contributed by atoms with Gasteiger partial charge >= 0.3 is 0 Å². The molecule has 1 aromatic carbocycles. The van der Waals surface area contributed by atoms with Crippen LogP contribution in [0.1, 0.15) is 25.3 Å². The highest BCUT2D eigenvalue weighted by molar-refractivity contribution is 5.92. The number of hydrogen-bond acceptors (Lipinski definition) is 4. The van der Waals surface area contributed by atoms with Crippen LogP contribution in [0, 0.1) is 5.82 Å². The number of nitrogens with one attached hydrogen (secondary N) is 1. The van der Waals surface area contributed by atoms with Crippen molar-refractivity contribution in [2.75, 3.05) is 25.0 Å². The molecule has 0 atom stereocenters. The Morgan fingerprint density at radius 1 is 1.29 bits per heavy atom. The van der Waals surface area contributed by atoms with Crippen molar-refractivity contribution in [1.29, 1.82) is 0 Å². The SMILES string of the molecule is CCOC1CCN(C(=O)Cn2cc(NC(=O)Cc3ccccc3F)cn2)CC1. The van der Waals surface area contributed by atoms with Gasteiger partial charge in [-0.25, -0.2) is 4.39 Å². The fourth-order valence-electron chi connectivity index (χ4n) is 3.28. The lowest BCUT2D eigenvalue weighted by Crippen LogP contribution is -2.42. The number of piperidine rings is 1. The molecule has 7 nitrogen and oxygen atoms in total. The van der Waals surface area contributed by atoms with Gasteiger partial charge in [0.25, 0.3) is 0 Å². The Balaban J connectivity index is 1.48. The predicted octanol–water partition coefficient (Wildman–Crippen LogP) is 2.23. The molecular formula is C20H25FN4O3. The second kappa shape index (κ2) is 9.45. The van der Waals surface area contributed by atoms with Crippen LogP contribution in [0.3, 0.4) is 0 Å². The van der Waals surface area contributed by atoms with Crippen LogP contribution >= 0.6 is 0 Å². The highest BCUT2D eigenvalue weighted by Crippen LogP contribution is 2.15. The summed E-state index contributed by atoms with van der Waals surface area (Å²) in [4.78, 5) is 26.3. The van der Waals surface area contributed by atoms with Crippen LogP contribution in [-0.2, 0) is 27.3 Å². The average Bonchev–Trinajstić information content (AvgIpc) is 3.11. The summed E-state index contributed by atoms with van der Waals surface area (Å²) in [7, 11) is 0. The summed E-state index contributed by atoms with van der Waals surface area (Å²) in [5.41, 5.74) is 0.808. The van der Waals surface area contributed by atoms with Gasteiger partial charge in [-0.1, -0.05) is 18.2 Å². The van der Waals surface area contributed by atoms with E-state index < -0.39 is 5.82 Å². The van der Waals surface area contributed by atoms with Crippen molar-refractivity contribution in [2.45, 2.75) is 38.8 Å². The third-order valence-electron chi connectivity index (χ3n) is 4.72. The van der Waals surface area contributed by atoms with E-state index in [9.17, 15) is 14.0 Å². The molecule has 1 aromatic heterocycles. The summed E-state index contributed by atoms with van der Waals surface area (Å²) in [5, 5.41) is 6.81. The molecule has 0 aliphatic carbocycles. The average molecular weight is 388 g/mol. The first-order chi connectivity index (χ1) is 13.5. The van der Waals surface area contributed by atoms with Crippen LogP contribution < -0.4 is 5.32 Å². The maximum Gasteiger partial charge on any atom is 0.244 e. The van der Waals surface area contributed by atoms with Gasteiger partial charge in [0.05, 0.1) is 24.4 Å². The van der Waals surface area contributed by atoms with Crippen molar-refractivity contribution in [3.05, 3.63) is 48.0 Å². The summed E-state index contributed by atoms with van der Waals surface area (Å²) in [6, 6.07) is 6.17.